The van der Waals surface area contributed by atoms with Crippen molar-refractivity contribution >= 4 is 5.91 Å². The highest BCUT2D eigenvalue weighted by molar-refractivity contribution is 5.77. The summed E-state index contributed by atoms with van der Waals surface area (Å²) in [5.74, 6) is 1.32. The van der Waals surface area contributed by atoms with Crippen molar-refractivity contribution in [2.45, 2.75) is 5.92 Å². The molecule has 16 heavy (non-hydrogen) atoms. The second-order valence-corrected chi connectivity index (χ2v) is 3.85. The Hall–Kier alpha value is -1.55. The summed E-state index contributed by atoms with van der Waals surface area (Å²) < 4.78 is 5.55. The van der Waals surface area contributed by atoms with E-state index in [2.05, 4.69) is 16.7 Å². The van der Waals surface area contributed by atoms with Gasteiger partial charge in [-0.2, -0.15) is 0 Å². The number of hydrogen-bond donors (Lipinski definition) is 2. The number of benzene rings is 1. The number of rotatable bonds is 4. The van der Waals surface area contributed by atoms with Gasteiger partial charge in [0.25, 0.3) is 0 Å². The summed E-state index contributed by atoms with van der Waals surface area (Å²) in [6, 6.07) is 8.04. The third-order valence-corrected chi connectivity index (χ3v) is 2.75. The molecule has 0 fully saturated rings. The molecule has 0 radical (unpaired) electrons. The number of fused-ring (bicyclic) bond motifs is 1. The molecule has 2 N–H and O–H groups in total. The third kappa shape index (κ3) is 2.33. The first-order valence-electron chi connectivity index (χ1n) is 5.44. The SMILES string of the molecule is CNC(=O)CNCC1COc2ccccc21. The van der Waals surface area contributed by atoms with Crippen LogP contribution in [0, 0.1) is 0 Å². The van der Waals surface area contributed by atoms with Crippen LogP contribution in [0.3, 0.4) is 0 Å². The number of likely N-dealkylation sites (N-methyl/N-ethyl adjacent to an activating group) is 1. The Kier molecular flexibility index (Phi) is 3.41. The number of para-hydroxylation sites is 1. The summed E-state index contributed by atoms with van der Waals surface area (Å²) in [4.78, 5) is 11.0. The van der Waals surface area contributed by atoms with E-state index in [-0.39, 0.29) is 5.91 Å². The minimum Gasteiger partial charge on any atom is -0.493 e. The minimum atomic E-state index is 0.00667. The van der Waals surface area contributed by atoms with E-state index >= 15 is 0 Å². The van der Waals surface area contributed by atoms with E-state index in [1.807, 2.05) is 18.2 Å². The van der Waals surface area contributed by atoms with Gasteiger partial charge in [0, 0.05) is 25.1 Å². The molecular weight excluding hydrogens is 204 g/mol. The van der Waals surface area contributed by atoms with Gasteiger partial charge < -0.3 is 15.4 Å². The summed E-state index contributed by atoms with van der Waals surface area (Å²) in [6.45, 7) is 1.82. The average molecular weight is 220 g/mol. The third-order valence-electron chi connectivity index (χ3n) is 2.75. The van der Waals surface area contributed by atoms with Crippen molar-refractivity contribution in [1.29, 1.82) is 0 Å². The zero-order valence-corrected chi connectivity index (χ0v) is 9.32. The van der Waals surface area contributed by atoms with Crippen molar-refractivity contribution in [3.8, 4) is 5.75 Å². The molecule has 0 bridgehead atoms. The minimum absolute atomic E-state index is 0.00667. The Morgan fingerprint density at radius 3 is 3.12 bits per heavy atom. The molecule has 1 aromatic rings. The fourth-order valence-electron chi connectivity index (χ4n) is 1.85. The number of hydrogen-bond acceptors (Lipinski definition) is 3. The van der Waals surface area contributed by atoms with Crippen LogP contribution in [0.2, 0.25) is 0 Å². The van der Waals surface area contributed by atoms with Gasteiger partial charge in [0.2, 0.25) is 5.91 Å². The van der Waals surface area contributed by atoms with Crippen molar-refractivity contribution in [3.05, 3.63) is 29.8 Å². The normalized spacial score (nSPS) is 17.7. The molecule has 86 valence electrons. The molecular formula is C12H16N2O2. The van der Waals surface area contributed by atoms with Gasteiger partial charge >= 0.3 is 0 Å². The van der Waals surface area contributed by atoms with Crippen LogP contribution in [0.5, 0.6) is 5.75 Å². The van der Waals surface area contributed by atoms with E-state index in [1.54, 1.807) is 7.05 Å². The Morgan fingerprint density at radius 2 is 2.31 bits per heavy atom. The lowest BCUT2D eigenvalue weighted by molar-refractivity contribution is -0.119. The van der Waals surface area contributed by atoms with Gasteiger partial charge in [-0.15, -0.1) is 0 Å². The summed E-state index contributed by atoms with van der Waals surface area (Å²) >= 11 is 0. The van der Waals surface area contributed by atoms with Gasteiger partial charge in [0.1, 0.15) is 5.75 Å². The van der Waals surface area contributed by atoms with Gasteiger partial charge in [-0.05, 0) is 6.07 Å². The highest BCUT2D eigenvalue weighted by Crippen LogP contribution is 2.32. The van der Waals surface area contributed by atoms with Gasteiger partial charge in [0.05, 0.1) is 13.2 Å². The number of amides is 1. The number of carbonyl (C=O) groups excluding carboxylic acids is 1. The largest absolute Gasteiger partial charge is 0.493 e. The lowest BCUT2D eigenvalue weighted by atomic mass is 10.0. The molecule has 1 heterocycles. The lowest BCUT2D eigenvalue weighted by Gasteiger charge is -2.09. The van der Waals surface area contributed by atoms with E-state index < -0.39 is 0 Å². The van der Waals surface area contributed by atoms with E-state index in [9.17, 15) is 4.79 Å². The molecule has 1 amide bonds. The lowest BCUT2D eigenvalue weighted by Crippen LogP contribution is -2.33. The highest BCUT2D eigenvalue weighted by atomic mass is 16.5. The van der Waals surface area contributed by atoms with Gasteiger partial charge in [0.15, 0.2) is 0 Å². The topological polar surface area (TPSA) is 50.4 Å². The summed E-state index contributed by atoms with van der Waals surface area (Å²) in [6.07, 6.45) is 0. The second kappa shape index (κ2) is 4.99. The molecule has 2 rings (SSSR count). The molecule has 0 saturated carbocycles. The fraction of sp³-hybridized carbons (Fsp3) is 0.417. The van der Waals surface area contributed by atoms with Crippen LogP contribution in [-0.4, -0.2) is 32.7 Å². The first-order valence-corrected chi connectivity index (χ1v) is 5.44. The van der Waals surface area contributed by atoms with Crippen molar-refractivity contribution < 1.29 is 9.53 Å². The Balaban J connectivity index is 1.86. The summed E-state index contributed by atoms with van der Waals surface area (Å²) in [5, 5.41) is 5.70. The second-order valence-electron chi connectivity index (χ2n) is 3.85. The van der Waals surface area contributed by atoms with E-state index in [0.717, 1.165) is 12.3 Å². The molecule has 1 aromatic carbocycles. The van der Waals surface area contributed by atoms with Gasteiger partial charge in [-0.1, -0.05) is 18.2 Å². The fourth-order valence-corrected chi connectivity index (χ4v) is 1.85. The van der Waals surface area contributed by atoms with Crippen LogP contribution in [0.4, 0.5) is 0 Å². The molecule has 4 nitrogen and oxygen atoms in total. The van der Waals surface area contributed by atoms with Crippen molar-refractivity contribution in [1.82, 2.24) is 10.6 Å². The van der Waals surface area contributed by atoms with E-state index in [0.29, 0.717) is 19.1 Å². The summed E-state index contributed by atoms with van der Waals surface area (Å²) in [7, 11) is 1.64. The Labute approximate surface area is 95.0 Å². The summed E-state index contributed by atoms with van der Waals surface area (Å²) in [5.41, 5.74) is 1.23. The van der Waals surface area contributed by atoms with Crippen LogP contribution in [0.1, 0.15) is 11.5 Å². The molecule has 1 aliphatic heterocycles. The molecule has 0 spiro atoms. The first-order chi connectivity index (χ1) is 7.81. The predicted octanol–water partition coefficient (Wildman–Crippen LogP) is 0.498. The van der Waals surface area contributed by atoms with Crippen LogP contribution in [-0.2, 0) is 4.79 Å². The van der Waals surface area contributed by atoms with E-state index in [4.69, 9.17) is 4.74 Å². The molecule has 0 aliphatic carbocycles. The highest BCUT2D eigenvalue weighted by Gasteiger charge is 2.22. The number of carbonyl (C=O) groups is 1. The number of nitrogens with one attached hydrogen (secondary N) is 2. The monoisotopic (exact) mass is 220 g/mol. The molecule has 1 atom stereocenters. The Morgan fingerprint density at radius 1 is 1.50 bits per heavy atom. The van der Waals surface area contributed by atoms with Gasteiger partial charge in [-0.25, -0.2) is 0 Å². The van der Waals surface area contributed by atoms with Crippen LogP contribution in [0.15, 0.2) is 24.3 Å². The van der Waals surface area contributed by atoms with Crippen molar-refractivity contribution in [3.63, 3.8) is 0 Å². The Bertz CT molecular complexity index is 379. The average Bonchev–Trinajstić information content (AvgIpc) is 2.73. The number of ether oxygens (including phenoxy) is 1. The van der Waals surface area contributed by atoms with Crippen molar-refractivity contribution in [2.24, 2.45) is 0 Å². The van der Waals surface area contributed by atoms with Crippen LogP contribution < -0.4 is 15.4 Å². The van der Waals surface area contributed by atoms with Gasteiger partial charge in [-0.3, -0.25) is 4.79 Å². The maximum absolute atomic E-state index is 11.0. The first kappa shape index (κ1) is 11.0. The molecule has 4 heteroatoms. The van der Waals surface area contributed by atoms with Crippen molar-refractivity contribution in [2.75, 3.05) is 26.7 Å². The maximum atomic E-state index is 11.0. The smallest absolute Gasteiger partial charge is 0.233 e. The zero-order chi connectivity index (χ0) is 11.4. The quantitative estimate of drug-likeness (QED) is 0.777. The van der Waals surface area contributed by atoms with Crippen LogP contribution in [0.25, 0.3) is 0 Å². The van der Waals surface area contributed by atoms with Crippen LogP contribution >= 0.6 is 0 Å². The maximum Gasteiger partial charge on any atom is 0.233 e. The zero-order valence-electron chi connectivity index (χ0n) is 9.32. The molecule has 0 saturated heterocycles. The van der Waals surface area contributed by atoms with E-state index in [1.165, 1.54) is 5.56 Å². The molecule has 1 unspecified atom stereocenters. The predicted molar refractivity (Wildman–Crippen MR) is 61.6 cm³/mol. The molecule has 1 aliphatic rings. The standard InChI is InChI=1S/C12H16N2O2/c1-13-12(15)7-14-6-9-8-16-11-5-3-2-4-10(9)11/h2-5,9,14H,6-8H2,1H3,(H,13,15). The molecule has 0 aromatic heterocycles.